The zero-order valence-electron chi connectivity index (χ0n) is 14.7. The van der Waals surface area contributed by atoms with Gasteiger partial charge in [0.15, 0.2) is 5.78 Å². The number of Topliss-reactive ketones (excluding diaryl/α,β-unsaturated/α-hetero) is 1. The highest BCUT2D eigenvalue weighted by atomic mass is 19.1. The first-order valence-electron chi connectivity index (χ1n) is 8.96. The van der Waals surface area contributed by atoms with Crippen LogP contribution >= 0.6 is 0 Å². The Hall–Kier alpha value is -2.75. The molecule has 0 saturated carbocycles. The van der Waals surface area contributed by atoms with Crippen molar-refractivity contribution in [3.05, 3.63) is 76.7 Å². The topological polar surface area (TPSA) is 37.4 Å². The smallest absolute Gasteiger partial charge is 0.232 e. The number of amides is 1. The fourth-order valence-electron chi connectivity index (χ4n) is 3.97. The average Bonchev–Trinajstić information content (AvgIpc) is 2.63. The van der Waals surface area contributed by atoms with Gasteiger partial charge >= 0.3 is 0 Å². The highest BCUT2D eigenvalue weighted by Crippen LogP contribution is 2.43. The Kier molecular flexibility index (Phi) is 4.19. The van der Waals surface area contributed by atoms with Gasteiger partial charge in [0.1, 0.15) is 5.82 Å². The normalized spacial score (nSPS) is 20.4. The first-order valence-corrected chi connectivity index (χ1v) is 8.96. The van der Waals surface area contributed by atoms with E-state index < -0.39 is 0 Å². The number of carbonyl (C=O) groups excluding carboxylic acids is 2. The monoisotopic (exact) mass is 349 g/mol. The van der Waals surface area contributed by atoms with Gasteiger partial charge in [-0.25, -0.2) is 4.39 Å². The summed E-state index contributed by atoms with van der Waals surface area (Å²) >= 11 is 0. The molecule has 0 spiro atoms. The molecule has 132 valence electrons. The first kappa shape index (κ1) is 16.7. The summed E-state index contributed by atoms with van der Waals surface area (Å²) in [7, 11) is 0. The molecule has 1 unspecified atom stereocenters. The largest absolute Gasteiger partial charge is 0.294 e. The van der Waals surface area contributed by atoms with E-state index >= 15 is 0 Å². The van der Waals surface area contributed by atoms with Gasteiger partial charge in [-0.2, -0.15) is 0 Å². The van der Waals surface area contributed by atoms with Crippen molar-refractivity contribution < 1.29 is 14.0 Å². The van der Waals surface area contributed by atoms with Gasteiger partial charge in [0.2, 0.25) is 5.91 Å². The van der Waals surface area contributed by atoms with Crippen molar-refractivity contribution in [3.63, 3.8) is 0 Å². The number of halogens is 1. The fourth-order valence-corrected chi connectivity index (χ4v) is 3.97. The molecule has 1 aliphatic carbocycles. The summed E-state index contributed by atoms with van der Waals surface area (Å²) in [5.41, 5.74) is 4.29. The van der Waals surface area contributed by atoms with Gasteiger partial charge in [0.25, 0.3) is 0 Å². The van der Waals surface area contributed by atoms with Gasteiger partial charge in [-0.1, -0.05) is 29.8 Å². The van der Waals surface area contributed by atoms with E-state index in [1.54, 1.807) is 17.0 Å². The van der Waals surface area contributed by atoms with E-state index in [-0.39, 0.29) is 29.8 Å². The summed E-state index contributed by atoms with van der Waals surface area (Å²) in [5, 5.41) is 0. The molecule has 0 aromatic heterocycles. The Morgan fingerprint density at radius 1 is 0.962 bits per heavy atom. The Morgan fingerprint density at radius 2 is 1.65 bits per heavy atom. The van der Waals surface area contributed by atoms with E-state index in [1.807, 2.05) is 31.2 Å². The minimum atomic E-state index is -0.318. The summed E-state index contributed by atoms with van der Waals surface area (Å²) in [4.78, 5) is 27.5. The maximum absolute atomic E-state index is 13.3. The summed E-state index contributed by atoms with van der Waals surface area (Å²) < 4.78 is 13.3. The molecule has 1 aliphatic heterocycles. The van der Waals surface area contributed by atoms with E-state index in [0.29, 0.717) is 12.8 Å². The van der Waals surface area contributed by atoms with Crippen LogP contribution in [0.15, 0.2) is 59.8 Å². The highest BCUT2D eigenvalue weighted by Gasteiger charge is 2.39. The van der Waals surface area contributed by atoms with Gasteiger partial charge in [-0.15, -0.1) is 0 Å². The number of hydrogen-bond acceptors (Lipinski definition) is 2. The standard InChI is InChI=1S/C22H20FNO2/c1-14-5-11-17(12-6-14)24-19-3-2-4-20(25)22(19)18(13-21(24)26)15-7-9-16(23)10-8-15/h5-12,18H,2-4,13H2,1H3. The molecule has 0 radical (unpaired) electrons. The Balaban J connectivity index is 1.84. The second kappa shape index (κ2) is 6.52. The van der Waals surface area contributed by atoms with Crippen molar-refractivity contribution in [2.45, 2.75) is 38.5 Å². The van der Waals surface area contributed by atoms with Crippen molar-refractivity contribution in [3.8, 4) is 0 Å². The molecular formula is C22H20FNO2. The summed E-state index contributed by atoms with van der Waals surface area (Å²) in [6, 6.07) is 13.9. The van der Waals surface area contributed by atoms with Crippen molar-refractivity contribution in [1.82, 2.24) is 0 Å². The summed E-state index contributed by atoms with van der Waals surface area (Å²) in [6.07, 6.45) is 2.19. The number of carbonyl (C=O) groups is 2. The van der Waals surface area contributed by atoms with E-state index in [9.17, 15) is 14.0 Å². The predicted octanol–water partition coefficient (Wildman–Crippen LogP) is 4.66. The molecule has 0 fully saturated rings. The van der Waals surface area contributed by atoms with Gasteiger partial charge in [-0.3, -0.25) is 14.5 Å². The second-order valence-electron chi connectivity index (χ2n) is 7.01. The zero-order chi connectivity index (χ0) is 18.3. The van der Waals surface area contributed by atoms with Gasteiger partial charge < -0.3 is 0 Å². The van der Waals surface area contributed by atoms with Crippen molar-refractivity contribution in [2.24, 2.45) is 0 Å². The molecule has 26 heavy (non-hydrogen) atoms. The minimum Gasteiger partial charge on any atom is -0.294 e. The quantitative estimate of drug-likeness (QED) is 0.791. The van der Waals surface area contributed by atoms with Crippen molar-refractivity contribution in [2.75, 3.05) is 4.90 Å². The molecule has 1 atom stereocenters. The Morgan fingerprint density at radius 3 is 2.35 bits per heavy atom. The highest BCUT2D eigenvalue weighted by molar-refractivity contribution is 6.07. The van der Waals surface area contributed by atoms with Crippen LogP contribution < -0.4 is 4.90 Å². The van der Waals surface area contributed by atoms with Crippen LogP contribution in [0.4, 0.5) is 10.1 Å². The number of benzene rings is 2. The fraction of sp³-hybridized carbons (Fsp3) is 0.273. The molecule has 0 N–H and O–H groups in total. The number of allylic oxidation sites excluding steroid dienone is 2. The summed E-state index contributed by atoms with van der Waals surface area (Å²) in [6.45, 7) is 2.00. The van der Waals surface area contributed by atoms with Crippen LogP contribution in [-0.4, -0.2) is 11.7 Å². The predicted molar refractivity (Wildman–Crippen MR) is 98.3 cm³/mol. The van der Waals surface area contributed by atoms with Crippen LogP contribution in [0.2, 0.25) is 0 Å². The molecule has 4 heteroatoms. The Labute approximate surface area is 152 Å². The zero-order valence-corrected chi connectivity index (χ0v) is 14.7. The lowest BCUT2D eigenvalue weighted by Crippen LogP contribution is -2.40. The van der Waals surface area contributed by atoms with Gasteiger partial charge in [-0.05, 0) is 49.6 Å². The van der Waals surface area contributed by atoms with Gasteiger partial charge in [0, 0.05) is 35.7 Å². The Bertz CT molecular complexity index is 897. The average molecular weight is 349 g/mol. The van der Waals surface area contributed by atoms with Crippen LogP contribution in [-0.2, 0) is 9.59 Å². The molecule has 2 aromatic carbocycles. The maximum atomic E-state index is 13.3. The van der Waals surface area contributed by atoms with Crippen LogP contribution in [0.1, 0.15) is 42.7 Å². The van der Waals surface area contributed by atoms with Crippen LogP contribution in [0.25, 0.3) is 0 Å². The lowest BCUT2D eigenvalue weighted by Gasteiger charge is -2.38. The molecule has 3 nitrogen and oxygen atoms in total. The third kappa shape index (κ3) is 2.85. The summed E-state index contributed by atoms with van der Waals surface area (Å²) in [5.74, 6) is -0.518. The number of ketones is 1. The van der Waals surface area contributed by atoms with Crippen LogP contribution in [0.3, 0.4) is 0 Å². The van der Waals surface area contributed by atoms with Crippen LogP contribution in [0, 0.1) is 12.7 Å². The SMILES string of the molecule is Cc1ccc(N2C(=O)CC(c3ccc(F)cc3)C3=C2CCCC3=O)cc1. The molecule has 0 saturated heterocycles. The molecule has 2 aromatic rings. The number of hydrogen-bond donors (Lipinski definition) is 0. The van der Waals surface area contributed by atoms with Crippen molar-refractivity contribution in [1.29, 1.82) is 0 Å². The molecular weight excluding hydrogens is 329 g/mol. The first-order chi connectivity index (χ1) is 12.5. The number of aryl methyl sites for hydroxylation is 1. The van der Waals surface area contributed by atoms with Crippen molar-refractivity contribution >= 4 is 17.4 Å². The third-order valence-corrected chi connectivity index (χ3v) is 5.24. The lowest BCUT2D eigenvalue weighted by molar-refractivity contribution is -0.119. The molecule has 0 bridgehead atoms. The lowest BCUT2D eigenvalue weighted by atomic mass is 9.77. The molecule has 2 aliphatic rings. The minimum absolute atomic E-state index is 0.0170. The van der Waals surface area contributed by atoms with E-state index in [1.165, 1.54) is 12.1 Å². The molecule has 4 rings (SSSR count). The second-order valence-corrected chi connectivity index (χ2v) is 7.01. The third-order valence-electron chi connectivity index (χ3n) is 5.24. The van der Waals surface area contributed by atoms with Crippen LogP contribution in [0.5, 0.6) is 0 Å². The van der Waals surface area contributed by atoms with E-state index in [0.717, 1.165) is 34.5 Å². The number of nitrogens with zero attached hydrogens (tertiary/aromatic N) is 1. The van der Waals surface area contributed by atoms with E-state index in [4.69, 9.17) is 0 Å². The molecule has 1 heterocycles. The molecule has 1 amide bonds. The number of anilines is 1. The maximum Gasteiger partial charge on any atom is 0.232 e. The van der Waals surface area contributed by atoms with E-state index in [2.05, 4.69) is 0 Å². The van der Waals surface area contributed by atoms with Gasteiger partial charge in [0.05, 0.1) is 0 Å². The number of rotatable bonds is 2.